The lowest BCUT2D eigenvalue weighted by molar-refractivity contribution is 0.184. The number of halogens is 2. The normalized spacial score (nSPS) is 21.8. The summed E-state index contributed by atoms with van der Waals surface area (Å²) in [6, 6.07) is 6.48. The molecule has 1 aromatic heterocycles. The Balaban J connectivity index is 2.09. The molecule has 1 fully saturated rings. The zero-order valence-electron chi connectivity index (χ0n) is 12.7. The molecule has 1 aliphatic carbocycles. The van der Waals surface area contributed by atoms with Crippen molar-refractivity contribution >= 4 is 34.2 Å². The summed E-state index contributed by atoms with van der Waals surface area (Å²) in [6.45, 7) is 4.74. The highest BCUT2D eigenvalue weighted by Gasteiger charge is 2.30. The van der Waals surface area contributed by atoms with E-state index in [9.17, 15) is 0 Å². The molecular weight excluding hydrogens is 303 g/mol. The maximum absolute atomic E-state index is 6.20. The van der Waals surface area contributed by atoms with Crippen LogP contribution in [0.1, 0.15) is 51.4 Å². The number of rotatable bonds is 3. The average molecular weight is 325 g/mol. The quantitative estimate of drug-likeness (QED) is 0.670. The number of alkyl halides is 1. The zero-order valence-corrected chi connectivity index (χ0v) is 14.2. The van der Waals surface area contributed by atoms with Crippen molar-refractivity contribution in [3.05, 3.63) is 29.0 Å². The fraction of sp³-hybridized carbons (Fsp3) is 0.588. The molecule has 1 atom stereocenters. The third-order valence-electron chi connectivity index (χ3n) is 4.59. The minimum Gasteiger partial charge on any atom is -0.325 e. The van der Waals surface area contributed by atoms with Crippen molar-refractivity contribution in [1.82, 2.24) is 9.55 Å². The van der Waals surface area contributed by atoms with Crippen molar-refractivity contribution < 1.29 is 0 Å². The van der Waals surface area contributed by atoms with Crippen molar-refractivity contribution in [2.24, 2.45) is 5.41 Å². The summed E-state index contributed by atoms with van der Waals surface area (Å²) >= 11 is 12.2. The Morgan fingerprint density at radius 1 is 1.38 bits per heavy atom. The predicted molar refractivity (Wildman–Crippen MR) is 90.5 cm³/mol. The number of hydrogen-bond donors (Lipinski definition) is 0. The molecule has 114 valence electrons. The van der Waals surface area contributed by atoms with Crippen LogP contribution in [0, 0.1) is 5.41 Å². The highest BCUT2D eigenvalue weighted by atomic mass is 35.5. The summed E-state index contributed by atoms with van der Waals surface area (Å²) in [5.41, 5.74) is 2.59. The van der Waals surface area contributed by atoms with E-state index in [1.807, 2.05) is 18.2 Å². The third-order valence-corrected chi connectivity index (χ3v) is 5.01. The van der Waals surface area contributed by atoms with E-state index in [2.05, 4.69) is 18.4 Å². The van der Waals surface area contributed by atoms with E-state index in [4.69, 9.17) is 28.2 Å². The van der Waals surface area contributed by atoms with Crippen LogP contribution in [-0.4, -0.2) is 15.4 Å². The molecule has 3 rings (SSSR count). The van der Waals surface area contributed by atoms with Crippen molar-refractivity contribution in [1.29, 1.82) is 0 Å². The van der Waals surface area contributed by atoms with Crippen LogP contribution in [0.3, 0.4) is 0 Å². The van der Waals surface area contributed by atoms with E-state index in [1.165, 1.54) is 25.7 Å². The van der Waals surface area contributed by atoms with Crippen LogP contribution >= 0.6 is 23.2 Å². The summed E-state index contributed by atoms with van der Waals surface area (Å²) in [5, 5.41) is 0.774. The molecule has 0 aliphatic heterocycles. The molecule has 2 aromatic rings. The number of nitrogens with zero attached hydrogens (tertiary/aromatic N) is 2. The molecule has 0 saturated heterocycles. The van der Waals surface area contributed by atoms with Gasteiger partial charge in [0.05, 0.1) is 11.0 Å². The van der Waals surface area contributed by atoms with E-state index < -0.39 is 0 Å². The molecule has 4 heteroatoms. The van der Waals surface area contributed by atoms with Crippen molar-refractivity contribution in [3.63, 3.8) is 0 Å². The Labute approximate surface area is 136 Å². The summed E-state index contributed by atoms with van der Waals surface area (Å²) in [4.78, 5) is 4.79. The molecule has 0 amide bonds. The first-order chi connectivity index (χ1) is 10.00. The van der Waals surface area contributed by atoms with Gasteiger partial charge >= 0.3 is 0 Å². The summed E-state index contributed by atoms with van der Waals surface area (Å²) in [5.74, 6) is 1.71. The fourth-order valence-corrected chi connectivity index (χ4v) is 4.00. The summed E-state index contributed by atoms with van der Waals surface area (Å²) in [7, 11) is 0. The van der Waals surface area contributed by atoms with E-state index in [1.54, 1.807) is 0 Å². The van der Waals surface area contributed by atoms with Gasteiger partial charge in [-0.1, -0.05) is 31.9 Å². The Kier molecular flexibility index (Phi) is 4.20. The first-order valence-electron chi connectivity index (χ1n) is 7.72. The number of imidazole rings is 1. The zero-order chi connectivity index (χ0) is 15.0. The topological polar surface area (TPSA) is 17.8 Å². The highest BCUT2D eigenvalue weighted by Crippen LogP contribution is 2.42. The largest absolute Gasteiger partial charge is 0.325 e. The molecule has 1 aromatic carbocycles. The third kappa shape index (κ3) is 3.07. The highest BCUT2D eigenvalue weighted by molar-refractivity contribution is 6.31. The maximum atomic E-state index is 6.20. The van der Waals surface area contributed by atoms with Gasteiger partial charge in [0, 0.05) is 23.4 Å². The number of fused-ring (bicyclic) bond motifs is 1. The Morgan fingerprint density at radius 3 is 2.90 bits per heavy atom. The molecule has 1 saturated carbocycles. The second kappa shape index (κ2) is 5.81. The van der Waals surface area contributed by atoms with Crippen LogP contribution in [0.25, 0.3) is 11.0 Å². The smallest absolute Gasteiger partial charge is 0.111 e. The van der Waals surface area contributed by atoms with Gasteiger partial charge < -0.3 is 4.57 Å². The van der Waals surface area contributed by atoms with Crippen LogP contribution < -0.4 is 0 Å². The second-order valence-corrected chi connectivity index (χ2v) is 7.70. The molecule has 1 aliphatic rings. The standard InChI is InChI=1S/C17H22Cl2N2/c1-17(2)8-3-4-13(11-17)21-15-10-12(19)5-6-14(15)20-16(21)7-9-18/h5-6,10,13H,3-4,7-9,11H2,1-2H3. The predicted octanol–water partition coefficient (Wildman–Crippen LogP) is 5.61. The fourth-order valence-electron chi connectivity index (χ4n) is 3.66. The molecule has 2 nitrogen and oxygen atoms in total. The molecule has 0 radical (unpaired) electrons. The first-order valence-corrected chi connectivity index (χ1v) is 8.64. The van der Waals surface area contributed by atoms with E-state index >= 15 is 0 Å². The van der Waals surface area contributed by atoms with Gasteiger partial charge in [-0.05, 0) is 42.9 Å². The SMILES string of the molecule is CC1(C)CCCC(n2c(CCCl)nc3ccc(Cl)cc32)C1. The monoisotopic (exact) mass is 324 g/mol. The van der Waals surface area contributed by atoms with E-state index in [-0.39, 0.29) is 0 Å². The lowest BCUT2D eigenvalue weighted by Gasteiger charge is -2.36. The van der Waals surface area contributed by atoms with Gasteiger partial charge in [-0.3, -0.25) is 0 Å². The van der Waals surface area contributed by atoms with Gasteiger partial charge in [0.25, 0.3) is 0 Å². The average Bonchev–Trinajstić information content (AvgIpc) is 2.75. The van der Waals surface area contributed by atoms with Crippen LogP contribution in [0.5, 0.6) is 0 Å². The molecule has 21 heavy (non-hydrogen) atoms. The van der Waals surface area contributed by atoms with Crippen molar-refractivity contribution in [2.75, 3.05) is 5.88 Å². The number of benzene rings is 1. The maximum Gasteiger partial charge on any atom is 0.111 e. The number of aryl methyl sites for hydroxylation is 1. The molecule has 1 unspecified atom stereocenters. The molecule has 0 spiro atoms. The van der Waals surface area contributed by atoms with E-state index in [0.29, 0.717) is 17.3 Å². The minimum absolute atomic E-state index is 0.399. The Morgan fingerprint density at radius 2 is 2.19 bits per heavy atom. The van der Waals surface area contributed by atoms with Gasteiger partial charge in [0.15, 0.2) is 0 Å². The Hall–Kier alpha value is -0.730. The number of aromatic nitrogens is 2. The van der Waals surface area contributed by atoms with Gasteiger partial charge in [-0.15, -0.1) is 11.6 Å². The van der Waals surface area contributed by atoms with Gasteiger partial charge in [0.2, 0.25) is 0 Å². The molecular formula is C17H22Cl2N2. The molecule has 1 heterocycles. The summed E-state index contributed by atoms with van der Waals surface area (Å²) < 4.78 is 2.41. The lowest BCUT2D eigenvalue weighted by Crippen LogP contribution is -2.26. The van der Waals surface area contributed by atoms with Crippen LogP contribution in [0.4, 0.5) is 0 Å². The minimum atomic E-state index is 0.399. The van der Waals surface area contributed by atoms with Crippen LogP contribution in [0.15, 0.2) is 18.2 Å². The lowest BCUT2D eigenvalue weighted by atomic mass is 9.75. The van der Waals surface area contributed by atoms with Crippen LogP contribution in [0.2, 0.25) is 5.02 Å². The molecule has 0 N–H and O–H groups in total. The second-order valence-electron chi connectivity index (χ2n) is 6.88. The Bertz CT molecular complexity index is 646. The molecule has 0 bridgehead atoms. The van der Waals surface area contributed by atoms with Crippen molar-refractivity contribution in [3.8, 4) is 0 Å². The van der Waals surface area contributed by atoms with Crippen molar-refractivity contribution in [2.45, 2.75) is 52.0 Å². The van der Waals surface area contributed by atoms with Crippen LogP contribution in [-0.2, 0) is 6.42 Å². The summed E-state index contributed by atoms with van der Waals surface area (Å²) in [6.07, 6.45) is 5.81. The van der Waals surface area contributed by atoms with Gasteiger partial charge in [0.1, 0.15) is 5.82 Å². The first kappa shape index (κ1) is 15.2. The van der Waals surface area contributed by atoms with Gasteiger partial charge in [-0.2, -0.15) is 0 Å². The van der Waals surface area contributed by atoms with Gasteiger partial charge in [-0.25, -0.2) is 4.98 Å². The number of hydrogen-bond acceptors (Lipinski definition) is 1. The van der Waals surface area contributed by atoms with E-state index in [0.717, 1.165) is 28.3 Å².